The quantitative estimate of drug-likeness (QED) is 0.511. The molecule has 0 atom stereocenters. The van der Waals surface area contributed by atoms with E-state index in [-0.39, 0.29) is 24.2 Å². The molecule has 2 aromatic heterocycles. The number of aromatic amines is 1. The lowest BCUT2D eigenvalue weighted by atomic mass is 10.2. The van der Waals surface area contributed by atoms with Gasteiger partial charge in [0.1, 0.15) is 5.69 Å². The van der Waals surface area contributed by atoms with Crippen LogP contribution in [0, 0.1) is 6.92 Å². The van der Waals surface area contributed by atoms with Gasteiger partial charge in [-0.05, 0) is 31.2 Å². The third kappa shape index (κ3) is 3.61. The fourth-order valence-electron chi connectivity index (χ4n) is 3.59. The molecule has 0 saturated carbocycles. The molecule has 2 heterocycles. The van der Waals surface area contributed by atoms with Crippen LogP contribution in [0.15, 0.2) is 69.0 Å². The predicted molar refractivity (Wildman–Crippen MR) is 118 cm³/mol. The Morgan fingerprint density at radius 1 is 1.00 bits per heavy atom. The number of amides is 1. The molecule has 0 aliphatic heterocycles. The molecule has 9 heteroatoms. The first-order valence-electron chi connectivity index (χ1n) is 9.74. The molecule has 9 nitrogen and oxygen atoms in total. The van der Waals surface area contributed by atoms with Gasteiger partial charge in [-0.1, -0.05) is 30.3 Å². The molecule has 0 unspecified atom stereocenters. The lowest BCUT2D eigenvalue weighted by Gasteiger charge is -2.09. The summed E-state index contributed by atoms with van der Waals surface area (Å²) in [6.45, 7) is 1.80. The van der Waals surface area contributed by atoms with Gasteiger partial charge >= 0.3 is 5.69 Å². The van der Waals surface area contributed by atoms with Crippen molar-refractivity contribution >= 4 is 22.5 Å². The average Bonchev–Trinajstić information content (AvgIpc) is 2.97. The zero-order valence-electron chi connectivity index (χ0n) is 17.1. The van der Waals surface area contributed by atoms with E-state index in [1.165, 1.54) is 9.25 Å². The molecule has 0 fully saturated rings. The maximum Gasteiger partial charge on any atom is 0.328 e. The summed E-state index contributed by atoms with van der Waals surface area (Å²) in [5.74, 6) is -0.409. The average molecular weight is 419 g/mol. The zero-order chi connectivity index (χ0) is 22.1. The number of rotatable bonds is 5. The number of aryl methyl sites for hydroxylation is 1. The van der Waals surface area contributed by atoms with Crippen LogP contribution < -0.4 is 22.1 Å². The maximum atomic E-state index is 12.9. The number of hydrogen-bond donors (Lipinski definition) is 2. The number of aromatic nitrogens is 4. The number of fused-ring (bicyclic) bond motifs is 1. The minimum Gasteiger partial charge on any atom is -0.320 e. The second-order valence-electron chi connectivity index (χ2n) is 7.16. The number of benzene rings is 2. The first-order chi connectivity index (χ1) is 14.9. The molecule has 0 aliphatic carbocycles. The highest BCUT2D eigenvalue weighted by Crippen LogP contribution is 2.14. The van der Waals surface area contributed by atoms with Gasteiger partial charge in [0.15, 0.2) is 0 Å². The number of carbonyl (C=O) groups excluding carboxylic acids is 1. The van der Waals surface area contributed by atoms with Gasteiger partial charge < -0.3 is 5.32 Å². The minimum atomic E-state index is -0.584. The normalized spacial score (nSPS) is 11.0. The van der Waals surface area contributed by atoms with Crippen LogP contribution in [0.4, 0.5) is 5.69 Å². The maximum absolute atomic E-state index is 12.9. The van der Waals surface area contributed by atoms with Crippen molar-refractivity contribution in [2.75, 3.05) is 5.32 Å². The number of para-hydroxylation sites is 2. The number of H-pyrrole nitrogens is 1. The van der Waals surface area contributed by atoms with Crippen LogP contribution >= 0.6 is 0 Å². The summed E-state index contributed by atoms with van der Waals surface area (Å²) in [5, 5.41) is 3.05. The van der Waals surface area contributed by atoms with Crippen molar-refractivity contribution in [3.63, 3.8) is 0 Å². The van der Waals surface area contributed by atoms with Gasteiger partial charge in [0.05, 0.1) is 22.3 Å². The monoisotopic (exact) mass is 419 g/mol. The summed E-state index contributed by atoms with van der Waals surface area (Å²) in [6, 6.07) is 15.8. The van der Waals surface area contributed by atoms with Crippen molar-refractivity contribution in [1.82, 2.24) is 18.9 Å². The van der Waals surface area contributed by atoms with Crippen LogP contribution in [-0.4, -0.2) is 24.8 Å². The van der Waals surface area contributed by atoms with E-state index < -0.39 is 17.2 Å². The molecule has 158 valence electrons. The summed E-state index contributed by atoms with van der Waals surface area (Å²) >= 11 is 0. The Kier molecular flexibility index (Phi) is 5.16. The molecule has 0 radical (unpaired) electrons. The summed E-state index contributed by atoms with van der Waals surface area (Å²) < 4.78 is 4.49. The number of nitrogens with zero attached hydrogens (tertiary/aromatic N) is 3. The molecule has 4 aromatic rings. The lowest BCUT2D eigenvalue weighted by Crippen LogP contribution is -2.31. The molecule has 2 N–H and O–H groups in total. The first kappa shape index (κ1) is 20.1. The predicted octanol–water partition coefficient (Wildman–Crippen LogP) is 1.52. The van der Waals surface area contributed by atoms with Crippen molar-refractivity contribution in [2.24, 2.45) is 7.05 Å². The number of nitrogens with one attached hydrogen (secondary N) is 2. The van der Waals surface area contributed by atoms with Crippen molar-refractivity contribution in [3.8, 4) is 5.69 Å². The number of carbonyl (C=O) groups is 1. The van der Waals surface area contributed by atoms with Gasteiger partial charge in [0.25, 0.3) is 11.1 Å². The molecule has 31 heavy (non-hydrogen) atoms. The van der Waals surface area contributed by atoms with Crippen LogP contribution in [-0.2, 0) is 18.4 Å². The summed E-state index contributed by atoms with van der Waals surface area (Å²) in [5.41, 5.74) is 0.535. The van der Waals surface area contributed by atoms with Gasteiger partial charge in [-0.3, -0.25) is 28.6 Å². The van der Waals surface area contributed by atoms with Crippen LogP contribution in [0.25, 0.3) is 16.6 Å². The molecular formula is C22H21N5O4. The first-order valence-corrected chi connectivity index (χ1v) is 9.74. The van der Waals surface area contributed by atoms with Crippen LogP contribution in [0.2, 0.25) is 0 Å². The third-order valence-electron chi connectivity index (χ3n) is 5.29. The second kappa shape index (κ2) is 7.94. The van der Waals surface area contributed by atoms with Gasteiger partial charge in [-0.25, -0.2) is 9.48 Å². The molecule has 0 aliphatic rings. The van der Waals surface area contributed by atoms with E-state index in [0.717, 1.165) is 0 Å². The van der Waals surface area contributed by atoms with Crippen molar-refractivity contribution in [1.29, 1.82) is 0 Å². The zero-order valence-corrected chi connectivity index (χ0v) is 17.1. The van der Waals surface area contributed by atoms with E-state index >= 15 is 0 Å². The Morgan fingerprint density at radius 2 is 1.68 bits per heavy atom. The van der Waals surface area contributed by atoms with E-state index in [1.807, 2.05) is 18.2 Å². The Balaban J connectivity index is 1.59. The van der Waals surface area contributed by atoms with E-state index in [2.05, 4.69) is 10.3 Å². The van der Waals surface area contributed by atoms with E-state index in [9.17, 15) is 19.2 Å². The summed E-state index contributed by atoms with van der Waals surface area (Å²) in [7, 11) is 1.74. The van der Waals surface area contributed by atoms with Gasteiger partial charge in [0, 0.05) is 20.0 Å². The van der Waals surface area contributed by atoms with Crippen molar-refractivity contribution in [2.45, 2.75) is 19.9 Å². The molecule has 0 saturated heterocycles. The summed E-state index contributed by atoms with van der Waals surface area (Å²) in [6.07, 6.45) is -0.0466. The SMILES string of the molecule is Cc1c(NC(=O)CCn2c(=O)[nH]c(=O)c3ccccc32)c(=O)n(-c2ccccc2)n1C. The fourth-order valence-corrected chi connectivity index (χ4v) is 3.59. The highest BCUT2D eigenvalue weighted by atomic mass is 16.2. The highest BCUT2D eigenvalue weighted by Gasteiger charge is 2.18. The topological polar surface area (TPSA) is 111 Å². The van der Waals surface area contributed by atoms with E-state index in [1.54, 1.807) is 55.1 Å². The second-order valence-corrected chi connectivity index (χ2v) is 7.16. The molecule has 0 bridgehead atoms. The molecule has 2 aromatic carbocycles. The lowest BCUT2D eigenvalue weighted by molar-refractivity contribution is -0.116. The highest BCUT2D eigenvalue weighted by molar-refractivity contribution is 5.91. The van der Waals surface area contributed by atoms with E-state index in [0.29, 0.717) is 22.3 Å². The molecular weight excluding hydrogens is 398 g/mol. The number of hydrogen-bond acceptors (Lipinski definition) is 4. The minimum absolute atomic E-state index is 0.0466. The Bertz CT molecular complexity index is 1460. The van der Waals surface area contributed by atoms with Crippen molar-refractivity contribution in [3.05, 3.63) is 91.5 Å². The smallest absolute Gasteiger partial charge is 0.320 e. The van der Waals surface area contributed by atoms with Gasteiger partial charge in [0.2, 0.25) is 5.91 Å². The standard InChI is InChI=1S/C22H21N5O4/c1-14-19(21(30)27(25(14)2)15-8-4-3-5-9-15)23-18(28)12-13-26-17-11-7-6-10-16(17)20(29)24-22(26)31/h3-11H,12-13H2,1-2H3,(H,23,28)(H,24,29,31). The van der Waals surface area contributed by atoms with E-state index in [4.69, 9.17) is 0 Å². The van der Waals surface area contributed by atoms with Crippen molar-refractivity contribution < 1.29 is 4.79 Å². The molecule has 0 spiro atoms. The molecule has 4 rings (SSSR count). The fraction of sp³-hybridized carbons (Fsp3) is 0.182. The summed E-state index contributed by atoms with van der Waals surface area (Å²) in [4.78, 5) is 52.0. The largest absolute Gasteiger partial charge is 0.328 e. The van der Waals surface area contributed by atoms with Gasteiger partial charge in [-0.15, -0.1) is 0 Å². The van der Waals surface area contributed by atoms with Crippen LogP contribution in [0.5, 0.6) is 0 Å². The van der Waals surface area contributed by atoms with Crippen LogP contribution in [0.3, 0.4) is 0 Å². The Labute approximate surface area is 176 Å². The Hall–Kier alpha value is -4.14. The number of anilines is 1. The Morgan fingerprint density at radius 3 is 2.42 bits per heavy atom. The third-order valence-corrected chi connectivity index (χ3v) is 5.29. The van der Waals surface area contributed by atoms with Gasteiger partial charge in [-0.2, -0.15) is 0 Å². The van der Waals surface area contributed by atoms with Crippen LogP contribution in [0.1, 0.15) is 12.1 Å². The molecule has 1 amide bonds.